The summed E-state index contributed by atoms with van der Waals surface area (Å²) in [4.78, 5) is 11.3. The lowest BCUT2D eigenvalue weighted by Crippen LogP contribution is -2.40. The molecule has 5 nitrogen and oxygen atoms in total. The molecule has 1 heterocycles. The molecule has 1 N–H and O–H groups in total. The minimum atomic E-state index is -3.31. The molecular weight excluding hydrogens is 292 g/mol. The first-order valence-electron chi connectivity index (χ1n) is 7.12. The van der Waals surface area contributed by atoms with Crippen LogP contribution in [0.25, 0.3) is 0 Å². The first-order chi connectivity index (χ1) is 9.98. The third-order valence-corrected chi connectivity index (χ3v) is 6.35. The minimum Gasteiger partial charge on any atom is -0.481 e. The van der Waals surface area contributed by atoms with Gasteiger partial charge in [-0.3, -0.25) is 4.79 Å². The van der Waals surface area contributed by atoms with Crippen LogP contribution in [-0.2, 0) is 19.4 Å². The van der Waals surface area contributed by atoms with E-state index in [4.69, 9.17) is 9.84 Å². The van der Waals surface area contributed by atoms with Crippen molar-refractivity contribution < 1.29 is 23.1 Å². The molecule has 1 aromatic rings. The summed E-state index contributed by atoms with van der Waals surface area (Å²) in [5, 5.41) is 8.57. The van der Waals surface area contributed by atoms with Crippen molar-refractivity contribution in [3.63, 3.8) is 0 Å². The summed E-state index contributed by atoms with van der Waals surface area (Å²) in [7, 11) is -3.31. The third-order valence-electron chi connectivity index (χ3n) is 4.27. The lowest BCUT2D eigenvalue weighted by atomic mass is 9.91. The van der Waals surface area contributed by atoms with Gasteiger partial charge in [0.15, 0.2) is 9.84 Å². The van der Waals surface area contributed by atoms with Gasteiger partial charge in [-0.15, -0.1) is 0 Å². The Kier molecular flexibility index (Phi) is 3.75. The van der Waals surface area contributed by atoms with Gasteiger partial charge in [0.25, 0.3) is 0 Å². The van der Waals surface area contributed by atoms with Crippen LogP contribution in [0.1, 0.15) is 30.7 Å². The second-order valence-corrected chi connectivity index (χ2v) is 8.04. The molecule has 0 aromatic heterocycles. The van der Waals surface area contributed by atoms with E-state index in [1.165, 1.54) is 0 Å². The van der Waals surface area contributed by atoms with Crippen LogP contribution in [0.15, 0.2) is 29.2 Å². The summed E-state index contributed by atoms with van der Waals surface area (Å²) in [6.45, 7) is 0.515. The SMILES string of the molecule is O=C(O)CC(c1ccc(S(=O)(=O)C2COC2)cc1)C1CC1. The van der Waals surface area contributed by atoms with E-state index in [2.05, 4.69) is 0 Å². The fraction of sp³-hybridized carbons (Fsp3) is 0.533. The van der Waals surface area contributed by atoms with Crippen molar-refractivity contribution in [1.82, 2.24) is 0 Å². The van der Waals surface area contributed by atoms with Gasteiger partial charge in [-0.05, 0) is 42.4 Å². The molecule has 1 aromatic carbocycles. The minimum absolute atomic E-state index is 0.00806. The van der Waals surface area contributed by atoms with Gasteiger partial charge in [0.2, 0.25) is 0 Å². The number of rotatable bonds is 6. The Balaban J connectivity index is 1.81. The molecule has 1 unspecified atom stereocenters. The summed E-state index contributed by atoms with van der Waals surface area (Å²) in [6.07, 6.45) is 2.21. The van der Waals surface area contributed by atoms with E-state index < -0.39 is 21.1 Å². The van der Waals surface area contributed by atoms with E-state index in [1.54, 1.807) is 24.3 Å². The Hall–Kier alpha value is -1.40. The maximum absolute atomic E-state index is 12.2. The maximum atomic E-state index is 12.2. The molecule has 0 radical (unpaired) electrons. The van der Waals surface area contributed by atoms with Crippen molar-refractivity contribution in [2.45, 2.75) is 35.3 Å². The fourth-order valence-corrected chi connectivity index (χ4v) is 4.18. The normalized spacial score (nSPS) is 20.8. The maximum Gasteiger partial charge on any atom is 0.303 e. The van der Waals surface area contributed by atoms with Crippen molar-refractivity contribution in [2.24, 2.45) is 5.92 Å². The molecule has 114 valence electrons. The van der Waals surface area contributed by atoms with Gasteiger partial charge in [0.05, 0.1) is 24.5 Å². The van der Waals surface area contributed by atoms with Crippen molar-refractivity contribution in [3.8, 4) is 0 Å². The molecule has 0 bridgehead atoms. The van der Waals surface area contributed by atoms with Crippen molar-refractivity contribution >= 4 is 15.8 Å². The Morgan fingerprint density at radius 2 is 1.86 bits per heavy atom. The summed E-state index contributed by atoms with van der Waals surface area (Å²) in [6, 6.07) is 6.72. The van der Waals surface area contributed by atoms with Gasteiger partial charge in [-0.25, -0.2) is 8.42 Å². The molecule has 1 saturated heterocycles. The topological polar surface area (TPSA) is 80.7 Å². The van der Waals surface area contributed by atoms with E-state index in [9.17, 15) is 13.2 Å². The first kappa shape index (κ1) is 14.5. The van der Waals surface area contributed by atoms with E-state index in [0.29, 0.717) is 10.8 Å². The lowest BCUT2D eigenvalue weighted by Gasteiger charge is -2.25. The van der Waals surface area contributed by atoms with Gasteiger partial charge < -0.3 is 9.84 Å². The van der Waals surface area contributed by atoms with Gasteiger partial charge >= 0.3 is 5.97 Å². The van der Waals surface area contributed by atoms with Crippen molar-refractivity contribution in [1.29, 1.82) is 0 Å². The number of carboxylic acid groups (broad SMARTS) is 1. The molecule has 0 spiro atoms. The molecule has 6 heteroatoms. The Bertz CT molecular complexity index is 627. The number of sulfone groups is 1. The largest absolute Gasteiger partial charge is 0.481 e. The highest BCUT2D eigenvalue weighted by Crippen LogP contribution is 2.44. The number of carbonyl (C=O) groups is 1. The second-order valence-electron chi connectivity index (χ2n) is 5.82. The standard InChI is InChI=1S/C15H18O5S/c16-15(17)7-14(10-1-2-10)11-3-5-12(6-4-11)21(18,19)13-8-20-9-13/h3-6,10,13-14H,1-2,7-9H2,(H,16,17). The van der Waals surface area contributed by atoms with Gasteiger partial charge in [0, 0.05) is 0 Å². The Labute approximate surface area is 123 Å². The highest BCUT2D eigenvalue weighted by atomic mass is 32.2. The monoisotopic (exact) mass is 310 g/mol. The van der Waals surface area contributed by atoms with Crippen LogP contribution in [0, 0.1) is 5.92 Å². The van der Waals surface area contributed by atoms with Gasteiger partial charge in [-0.1, -0.05) is 12.1 Å². The van der Waals surface area contributed by atoms with Crippen molar-refractivity contribution in [3.05, 3.63) is 29.8 Å². The zero-order valence-electron chi connectivity index (χ0n) is 11.6. The number of hydrogen-bond donors (Lipinski definition) is 1. The highest BCUT2D eigenvalue weighted by molar-refractivity contribution is 7.92. The quantitative estimate of drug-likeness (QED) is 0.867. The molecule has 1 saturated carbocycles. The predicted molar refractivity (Wildman–Crippen MR) is 76.0 cm³/mol. The summed E-state index contributed by atoms with van der Waals surface area (Å²) >= 11 is 0. The van der Waals surface area contributed by atoms with E-state index in [-0.39, 0.29) is 25.6 Å². The lowest BCUT2D eigenvalue weighted by molar-refractivity contribution is -0.137. The van der Waals surface area contributed by atoms with Crippen LogP contribution in [0.3, 0.4) is 0 Å². The summed E-state index contributed by atoms with van der Waals surface area (Å²) in [5.41, 5.74) is 0.920. The molecule has 2 fully saturated rings. The molecule has 1 aliphatic carbocycles. The van der Waals surface area contributed by atoms with Crippen LogP contribution >= 0.6 is 0 Å². The number of ether oxygens (including phenoxy) is 1. The number of aliphatic carboxylic acids is 1. The van der Waals surface area contributed by atoms with E-state index in [1.807, 2.05) is 0 Å². The van der Waals surface area contributed by atoms with Crippen LogP contribution in [0.5, 0.6) is 0 Å². The fourth-order valence-electron chi connectivity index (χ4n) is 2.73. The third kappa shape index (κ3) is 2.96. The van der Waals surface area contributed by atoms with Gasteiger partial charge in [-0.2, -0.15) is 0 Å². The average Bonchev–Trinajstić information content (AvgIpc) is 3.17. The van der Waals surface area contributed by atoms with Crippen LogP contribution in [-0.4, -0.2) is 38.0 Å². The van der Waals surface area contributed by atoms with E-state index >= 15 is 0 Å². The molecule has 0 amide bonds. The molecule has 3 rings (SSSR count). The molecule has 1 aliphatic heterocycles. The smallest absolute Gasteiger partial charge is 0.303 e. The number of hydrogen-bond acceptors (Lipinski definition) is 4. The summed E-state index contributed by atoms with van der Waals surface area (Å²) in [5.74, 6) is -0.398. The first-order valence-corrected chi connectivity index (χ1v) is 8.66. The van der Waals surface area contributed by atoms with Gasteiger partial charge in [0.1, 0.15) is 5.25 Å². The number of benzene rings is 1. The zero-order chi connectivity index (χ0) is 15.0. The Morgan fingerprint density at radius 3 is 2.29 bits per heavy atom. The highest BCUT2D eigenvalue weighted by Gasteiger charge is 2.35. The molecular formula is C15H18O5S. The Morgan fingerprint density at radius 1 is 1.24 bits per heavy atom. The number of carboxylic acids is 1. The zero-order valence-corrected chi connectivity index (χ0v) is 12.4. The average molecular weight is 310 g/mol. The molecule has 1 atom stereocenters. The molecule has 2 aliphatic rings. The second kappa shape index (κ2) is 5.42. The van der Waals surface area contributed by atoms with Crippen molar-refractivity contribution in [2.75, 3.05) is 13.2 Å². The summed E-state index contributed by atoms with van der Waals surface area (Å²) < 4.78 is 29.4. The van der Waals surface area contributed by atoms with Crippen LogP contribution in [0.4, 0.5) is 0 Å². The van der Waals surface area contributed by atoms with Crippen LogP contribution in [0.2, 0.25) is 0 Å². The molecule has 21 heavy (non-hydrogen) atoms. The predicted octanol–water partition coefficient (Wildman–Crippen LogP) is 1.83. The van der Waals surface area contributed by atoms with Crippen LogP contribution < -0.4 is 0 Å². The van der Waals surface area contributed by atoms with E-state index in [0.717, 1.165) is 18.4 Å².